The Hall–Kier alpha value is -0.530. The van der Waals surface area contributed by atoms with E-state index in [2.05, 4.69) is 11.2 Å². The van der Waals surface area contributed by atoms with Gasteiger partial charge in [0.1, 0.15) is 0 Å². The van der Waals surface area contributed by atoms with Crippen molar-refractivity contribution < 1.29 is 8.42 Å². The molecule has 0 bridgehead atoms. The summed E-state index contributed by atoms with van der Waals surface area (Å²) >= 11 is 0. The first-order valence-corrected chi connectivity index (χ1v) is 6.74. The van der Waals surface area contributed by atoms with Gasteiger partial charge < -0.3 is 5.32 Å². The Labute approximate surface area is 87.2 Å². The van der Waals surface area contributed by atoms with Crippen molar-refractivity contribution >= 4 is 9.84 Å². The zero-order chi connectivity index (χ0) is 11.2. The minimum absolute atomic E-state index is 0.130. The number of sulfone groups is 1. The summed E-state index contributed by atoms with van der Waals surface area (Å²) in [4.78, 5) is 0. The number of hydrogen-bond donors (Lipinski definition) is 1. The van der Waals surface area contributed by atoms with E-state index < -0.39 is 15.1 Å². The summed E-state index contributed by atoms with van der Waals surface area (Å²) in [5, 5.41) is 2.73. The molecule has 0 radical (unpaired) electrons. The highest BCUT2D eigenvalue weighted by atomic mass is 32.2. The maximum Gasteiger partial charge on any atom is 0.151 e. The van der Waals surface area contributed by atoms with Gasteiger partial charge in [0.25, 0.3) is 0 Å². The molecule has 0 heterocycles. The largest absolute Gasteiger partial charge is 0.312 e. The van der Waals surface area contributed by atoms with Gasteiger partial charge in [0.15, 0.2) is 9.84 Å². The quantitative estimate of drug-likeness (QED) is 0.670. The van der Waals surface area contributed by atoms with Gasteiger partial charge in [0, 0.05) is 18.7 Å². The average Bonchev–Trinajstić information content (AvgIpc) is 2.09. The van der Waals surface area contributed by atoms with E-state index in [1.165, 1.54) is 6.26 Å². The molecule has 0 aromatic heterocycles. The Bertz CT molecular complexity index is 290. The fourth-order valence-corrected chi connectivity index (χ4v) is 1.95. The zero-order valence-electron chi connectivity index (χ0n) is 9.08. The van der Waals surface area contributed by atoms with Crippen molar-refractivity contribution in [3.8, 4) is 12.3 Å². The van der Waals surface area contributed by atoms with E-state index in [0.29, 0.717) is 6.42 Å². The van der Waals surface area contributed by atoms with E-state index >= 15 is 0 Å². The van der Waals surface area contributed by atoms with E-state index in [4.69, 9.17) is 6.42 Å². The third-order valence-electron chi connectivity index (χ3n) is 2.24. The topological polar surface area (TPSA) is 46.2 Å². The van der Waals surface area contributed by atoms with Crippen LogP contribution in [0.15, 0.2) is 0 Å². The molecular formula is C10H19NO2S. The molecule has 14 heavy (non-hydrogen) atoms. The number of nitrogens with one attached hydrogen (secondary N) is 1. The standard InChI is InChI=1S/C10H19NO2S/c1-5-7-10(11-8-6-2)9(3)14(4,12)13/h1,9-11H,6-8H2,2-4H3. The highest BCUT2D eigenvalue weighted by Gasteiger charge is 2.24. The van der Waals surface area contributed by atoms with Crippen LogP contribution < -0.4 is 5.32 Å². The molecule has 0 aliphatic rings. The molecule has 2 atom stereocenters. The summed E-state index contributed by atoms with van der Waals surface area (Å²) in [5.41, 5.74) is 0. The second-order valence-electron chi connectivity index (χ2n) is 3.50. The summed E-state index contributed by atoms with van der Waals surface area (Å²) in [5.74, 6) is 2.50. The van der Waals surface area contributed by atoms with Gasteiger partial charge in [-0.15, -0.1) is 12.3 Å². The molecule has 0 aliphatic carbocycles. The molecule has 2 unspecified atom stereocenters. The molecule has 4 heteroatoms. The molecule has 82 valence electrons. The van der Waals surface area contributed by atoms with Crippen LogP contribution in [0, 0.1) is 12.3 Å². The first-order valence-electron chi connectivity index (χ1n) is 4.79. The number of terminal acetylenes is 1. The van der Waals surface area contributed by atoms with Gasteiger partial charge in [-0.2, -0.15) is 0 Å². The molecule has 0 amide bonds. The molecular weight excluding hydrogens is 198 g/mol. The third-order valence-corrected chi connectivity index (χ3v) is 3.92. The van der Waals surface area contributed by atoms with Crippen LogP contribution in [-0.4, -0.2) is 32.5 Å². The van der Waals surface area contributed by atoms with Crippen LogP contribution in [0.1, 0.15) is 26.7 Å². The van der Waals surface area contributed by atoms with E-state index in [9.17, 15) is 8.42 Å². The lowest BCUT2D eigenvalue weighted by Crippen LogP contribution is -2.42. The summed E-state index contributed by atoms with van der Waals surface area (Å²) < 4.78 is 22.6. The Morgan fingerprint density at radius 1 is 1.50 bits per heavy atom. The van der Waals surface area contributed by atoms with Crippen molar-refractivity contribution in [1.29, 1.82) is 0 Å². The van der Waals surface area contributed by atoms with Crippen LogP contribution in [-0.2, 0) is 9.84 Å². The van der Waals surface area contributed by atoms with Gasteiger partial charge in [-0.3, -0.25) is 0 Å². The maximum absolute atomic E-state index is 11.3. The summed E-state index contributed by atoms with van der Waals surface area (Å²) in [6, 6.07) is -0.130. The maximum atomic E-state index is 11.3. The molecule has 0 spiro atoms. The molecule has 0 saturated carbocycles. The Morgan fingerprint density at radius 2 is 2.07 bits per heavy atom. The van der Waals surface area contributed by atoms with Gasteiger partial charge in [0.2, 0.25) is 0 Å². The van der Waals surface area contributed by atoms with Crippen molar-refractivity contribution in [2.75, 3.05) is 12.8 Å². The lowest BCUT2D eigenvalue weighted by Gasteiger charge is -2.21. The molecule has 0 rings (SSSR count). The van der Waals surface area contributed by atoms with Crippen LogP contribution in [0.2, 0.25) is 0 Å². The van der Waals surface area contributed by atoms with E-state index in [0.717, 1.165) is 13.0 Å². The minimum atomic E-state index is -3.01. The van der Waals surface area contributed by atoms with Crippen LogP contribution >= 0.6 is 0 Å². The first-order chi connectivity index (χ1) is 6.43. The van der Waals surface area contributed by atoms with Crippen molar-refractivity contribution in [3.63, 3.8) is 0 Å². The summed E-state index contributed by atoms with van der Waals surface area (Å²) in [6.45, 7) is 4.53. The predicted molar refractivity (Wildman–Crippen MR) is 59.8 cm³/mol. The van der Waals surface area contributed by atoms with Gasteiger partial charge in [-0.25, -0.2) is 8.42 Å². The average molecular weight is 217 g/mol. The fraction of sp³-hybridized carbons (Fsp3) is 0.800. The number of rotatable bonds is 6. The lowest BCUT2D eigenvalue weighted by molar-refractivity contribution is 0.492. The van der Waals surface area contributed by atoms with Crippen molar-refractivity contribution in [2.24, 2.45) is 0 Å². The van der Waals surface area contributed by atoms with Crippen LogP contribution in [0.5, 0.6) is 0 Å². The minimum Gasteiger partial charge on any atom is -0.312 e. The highest BCUT2D eigenvalue weighted by molar-refractivity contribution is 7.91. The Morgan fingerprint density at radius 3 is 2.43 bits per heavy atom. The molecule has 1 N–H and O–H groups in total. The fourth-order valence-electron chi connectivity index (χ4n) is 1.16. The van der Waals surface area contributed by atoms with Crippen molar-refractivity contribution in [2.45, 2.75) is 38.0 Å². The molecule has 0 saturated heterocycles. The molecule has 3 nitrogen and oxygen atoms in total. The predicted octanol–water partition coefficient (Wildman–Crippen LogP) is 0.811. The van der Waals surface area contributed by atoms with E-state index in [1.54, 1.807) is 6.92 Å². The summed E-state index contributed by atoms with van der Waals surface area (Å²) in [7, 11) is -3.01. The van der Waals surface area contributed by atoms with Gasteiger partial charge >= 0.3 is 0 Å². The van der Waals surface area contributed by atoms with Gasteiger partial charge in [-0.05, 0) is 19.9 Å². The van der Waals surface area contributed by atoms with Gasteiger partial charge in [-0.1, -0.05) is 6.92 Å². The van der Waals surface area contributed by atoms with Crippen molar-refractivity contribution in [1.82, 2.24) is 5.32 Å². The van der Waals surface area contributed by atoms with E-state index in [-0.39, 0.29) is 6.04 Å². The van der Waals surface area contributed by atoms with Crippen LogP contribution in [0.3, 0.4) is 0 Å². The first kappa shape index (κ1) is 13.5. The van der Waals surface area contributed by atoms with Crippen LogP contribution in [0.25, 0.3) is 0 Å². The molecule has 0 aromatic carbocycles. The molecule has 0 aliphatic heterocycles. The van der Waals surface area contributed by atoms with Crippen LogP contribution in [0.4, 0.5) is 0 Å². The zero-order valence-corrected chi connectivity index (χ0v) is 9.89. The smallest absolute Gasteiger partial charge is 0.151 e. The SMILES string of the molecule is C#CCC(NCCC)C(C)S(C)(=O)=O. The second-order valence-corrected chi connectivity index (χ2v) is 5.91. The van der Waals surface area contributed by atoms with E-state index in [1.807, 2.05) is 6.92 Å². The van der Waals surface area contributed by atoms with Crippen molar-refractivity contribution in [3.05, 3.63) is 0 Å². The third kappa shape index (κ3) is 4.64. The van der Waals surface area contributed by atoms with Gasteiger partial charge in [0.05, 0.1) is 5.25 Å². The Balaban J connectivity index is 4.42. The molecule has 0 aromatic rings. The number of hydrogen-bond acceptors (Lipinski definition) is 3. The summed E-state index contributed by atoms with van der Waals surface area (Å²) in [6.07, 6.45) is 7.86. The second kappa shape index (κ2) is 6.05. The molecule has 0 fully saturated rings. The monoisotopic (exact) mass is 217 g/mol. The normalized spacial score (nSPS) is 15.9. The lowest BCUT2D eigenvalue weighted by atomic mass is 10.1. The Kier molecular flexibility index (Phi) is 5.82. The highest BCUT2D eigenvalue weighted by Crippen LogP contribution is 2.07.